The van der Waals surface area contributed by atoms with Crippen LogP contribution in [0.1, 0.15) is 13.8 Å². The lowest BCUT2D eigenvalue weighted by Gasteiger charge is -2.44. The molecule has 1 aromatic carbocycles. The van der Waals surface area contributed by atoms with Gasteiger partial charge < -0.3 is 19.7 Å². The van der Waals surface area contributed by atoms with Gasteiger partial charge in [0.25, 0.3) is 0 Å². The summed E-state index contributed by atoms with van der Waals surface area (Å²) in [5.74, 6) is 1.55. The zero-order valence-electron chi connectivity index (χ0n) is 11.6. The number of nitrogens with one attached hydrogen (secondary N) is 1. The van der Waals surface area contributed by atoms with Crippen molar-refractivity contribution in [3.8, 4) is 11.5 Å². The molecule has 4 nitrogen and oxygen atoms in total. The number of nitrogens with zero attached hydrogens (tertiary/aromatic N) is 1. The predicted octanol–water partition coefficient (Wildman–Crippen LogP) is 1.89. The van der Waals surface area contributed by atoms with Gasteiger partial charge in [-0.1, -0.05) is 0 Å². The van der Waals surface area contributed by atoms with Gasteiger partial charge in [-0.05, 0) is 26.0 Å². The van der Waals surface area contributed by atoms with Crippen LogP contribution in [0.4, 0.5) is 5.69 Å². The van der Waals surface area contributed by atoms with Gasteiger partial charge >= 0.3 is 0 Å². The van der Waals surface area contributed by atoms with Crippen molar-refractivity contribution in [2.45, 2.75) is 19.4 Å². The molecule has 0 spiro atoms. The molecule has 1 heterocycles. The van der Waals surface area contributed by atoms with Gasteiger partial charge in [-0.15, -0.1) is 0 Å². The summed E-state index contributed by atoms with van der Waals surface area (Å²) in [4.78, 5) is 2.41. The summed E-state index contributed by atoms with van der Waals surface area (Å²) in [6.45, 7) is 7.49. The first-order valence-electron chi connectivity index (χ1n) is 6.29. The Hall–Kier alpha value is -1.42. The monoisotopic (exact) mass is 250 g/mol. The summed E-state index contributed by atoms with van der Waals surface area (Å²) in [7, 11) is 3.33. The number of methoxy groups -OCH3 is 2. The molecule has 0 amide bonds. The molecule has 1 aliphatic heterocycles. The number of hydrogen-bond donors (Lipinski definition) is 1. The maximum atomic E-state index is 5.37. The maximum Gasteiger partial charge on any atom is 0.162 e. The Morgan fingerprint density at radius 3 is 2.50 bits per heavy atom. The number of benzene rings is 1. The molecule has 2 rings (SSSR count). The van der Waals surface area contributed by atoms with E-state index in [0.29, 0.717) is 0 Å². The molecule has 1 aromatic rings. The average molecular weight is 250 g/mol. The molecular formula is C14H22N2O2. The van der Waals surface area contributed by atoms with Crippen molar-refractivity contribution in [3.05, 3.63) is 18.2 Å². The van der Waals surface area contributed by atoms with Crippen molar-refractivity contribution in [3.63, 3.8) is 0 Å². The maximum absolute atomic E-state index is 5.37. The van der Waals surface area contributed by atoms with Gasteiger partial charge in [0.1, 0.15) is 0 Å². The lowest BCUT2D eigenvalue weighted by atomic mass is 9.99. The van der Waals surface area contributed by atoms with E-state index in [4.69, 9.17) is 9.47 Å². The minimum Gasteiger partial charge on any atom is -0.493 e. The second-order valence-electron chi connectivity index (χ2n) is 5.18. The van der Waals surface area contributed by atoms with Crippen molar-refractivity contribution >= 4 is 5.69 Å². The molecular weight excluding hydrogens is 228 g/mol. The average Bonchev–Trinajstić information content (AvgIpc) is 2.37. The van der Waals surface area contributed by atoms with E-state index in [1.54, 1.807) is 14.2 Å². The lowest BCUT2D eigenvalue weighted by molar-refractivity contribution is 0.352. The largest absolute Gasteiger partial charge is 0.493 e. The third-order valence-electron chi connectivity index (χ3n) is 3.48. The molecule has 1 fully saturated rings. The standard InChI is InChI=1S/C14H22N2O2/c1-14(2)10-15-7-8-16(14)11-5-6-12(17-3)13(9-11)18-4/h5-6,9,15H,7-8,10H2,1-4H3. The summed E-state index contributed by atoms with van der Waals surface area (Å²) in [6.07, 6.45) is 0. The fourth-order valence-electron chi connectivity index (χ4n) is 2.45. The van der Waals surface area contributed by atoms with Gasteiger partial charge in [-0.3, -0.25) is 0 Å². The molecule has 0 aliphatic carbocycles. The second kappa shape index (κ2) is 5.06. The SMILES string of the molecule is COc1ccc(N2CCNCC2(C)C)cc1OC. The van der Waals surface area contributed by atoms with Gasteiger partial charge in [0.05, 0.1) is 14.2 Å². The molecule has 0 radical (unpaired) electrons. The molecule has 18 heavy (non-hydrogen) atoms. The van der Waals surface area contributed by atoms with Crippen molar-refractivity contribution in [1.82, 2.24) is 5.32 Å². The van der Waals surface area contributed by atoms with Crippen molar-refractivity contribution in [2.75, 3.05) is 38.8 Å². The minimum absolute atomic E-state index is 0.109. The molecule has 4 heteroatoms. The Balaban J connectivity index is 2.32. The summed E-state index contributed by atoms with van der Waals surface area (Å²) in [5, 5.41) is 3.43. The van der Waals surface area contributed by atoms with Crippen molar-refractivity contribution in [2.24, 2.45) is 0 Å². The highest BCUT2D eigenvalue weighted by atomic mass is 16.5. The zero-order chi connectivity index (χ0) is 13.2. The van der Waals surface area contributed by atoms with Crippen LogP contribution in [0, 0.1) is 0 Å². The Labute approximate surface area is 109 Å². The topological polar surface area (TPSA) is 33.7 Å². The first-order valence-corrected chi connectivity index (χ1v) is 6.29. The summed E-state index contributed by atoms with van der Waals surface area (Å²) in [6, 6.07) is 6.10. The molecule has 0 bridgehead atoms. The highest BCUT2D eigenvalue weighted by Gasteiger charge is 2.30. The number of anilines is 1. The van der Waals surface area contributed by atoms with Gasteiger partial charge in [0.15, 0.2) is 11.5 Å². The van der Waals surface area contributed by atoms with Crippen LogP contribution in [-0.4, -0.2) is 39.4 Å². The molecule has 0 atom stereocenters. The number of rotatable bonds is 3. The second-order valence-corrected chi connectivity index (χ2v) is 5.18. The summed E-state index contributed by atoms with van der Waals surface area (Å²) in [5.41, 5.74) is 1.29. The fourth-order valence-corrected chi connectivity index (χ4v) is 2.45. The normalized spacial score (nSPS) is 18.6. The van der Waals surface area contributed by atoms with Crippen LogP contribution in [0.3, 0.4) is 0 Å². The van der Waals surface area contributed by atoms with Gasteiger partial charge in [0, 0.05) is 36.9 Å². The van der Waals surface area contributed by atoms with E-state index in [1.807, 2.05) is 12.1 Å². The molecule has 1 saturated heterocycles. The first-order chi connectivity index (χ1) is 8.58. The molecule has 0 unspecified atom stereocenters. The number of ether oxygens (including phenoxy) is 2. The van der Waals surface area contributed by atoms with Crippen LogP contribution in [0.2, 0.25) is 0 Å². The van der Waals surface area contributed by atoms with E-state index in [2.05, 4.69) is 30.1 Å². The third-order valence-corrected chi connectivity index (χ3v) is 3.48. The van der Waals surface area contributed by atoms with E-state index >= 15 is 0 Å². The molecule has 0 saturated carbocycles. The van der Waals surface area contributed by atoms with E-state index in [1.165, 1.54) is 5.69 Å². The van der Waals surface area contributed by atoms with E-state index in [-0.39, 0.29) is 5.54 Å². The van der Waals surface area contributed by atoms with Crippen LogP contribution in [-0.2, 0) is 0 Å². The molecule has 1 N–H and O–H groups in total. The third kappa shape index (κ3) is 2.38. The lowest BCUT2D eigenvalue weighted by Crippen LogP contribution is -2.58. The van der Waals surface area contributed by atoms with Crippen LogP contribution in [0.25, 0.3) is 0 Å². The first kappa shape index (κ1) is 13.0. The van der Waals surface area contributed by atoms with E-state index < -0.39 is 0 Å². The van der Waals surface area contributed by atoms with Crippen LogP contribution < -0.4 is 19.7 Å². The smallest absolute Gasteiger partial charge is 0.162 e. The van der Waals surface area contributed by atoms with Gasteiger partial charge in [-0.2, -0.15) is 0 Å². The van der Waals surface area contributed by atoms with Crippen LogP contribution in [0.5, 0.6) is 11.5 Å². The quantitative estimate of drug-likeness (QED) is 0.888. The van der Waals surface area contributed by atoms with Gasteiger partial charge in [0.2, 0.25) is 0 Å². The van der Waals surface area contributed by atoms with Crippen LogP contribution >= 0.6 is 0 Å². The van der Waals surface area contributed by atoms with E-state index in [9.17, 15) is 0 Å². The molecule has 0 aromatic heterocycles. The highest BCUT2D eigenvalue weighted by molar-refractivity contribution is 5.58. The summed E-state index contributed by atoms with van der Waals surface area (Å²) < 4.78 is 10.6. The number of hydrogen-bond acceptors (Lipinski definition) is 4. The molecule has 1 aliphatic rings. The molecule has 100 valence electrons. The van der Waals surface area contributed by atoms with Crippen LogP contribution in [0.15, 0.2) is 18.2 Å². The van der Waals surface area contributed by atoms with Crippen molar-refractivity contribution < 1.29 is 9.47 Å². The Morgan fingerprint density at radius 1 is 1.17 bits per heavy atom. The summed E-state index contributed by atoms with van der Waals surface area (Å²) >= 11 is 0. The Bertz CT molecular complexity index is 418. The Morgan fingerprint density at radius 2 is 1.89 bits per heavy atom. The predicted molar refractivity (Wildman–Crippen MR) is 73.8 cm³/mol. The highest BCUT2D eigenvalue weighted by Crippen LogP contribution is 2.34. The number of piperazine rings is 1. The fraction of sp³-hybridized carbons (Fsp3) is 0.571. The van der Waals surface area contributed by atoms with Crippen molar-refractivity contribution in [1.29, 1.82) is 0 Å². The minimum atomic E-state index is 0.109. The Kier molecular flexibility index (Phi) is 3.66. The van der Waals surface area contributed by atoms with Gasteiger partial charge in [-0.25, -0.2) is 0 Å². The van der Waals surface area contributed by atoms with E-state index in [0.717, 1.165) is 31.1 Å². The zero-order valence-corrected chi connectivity index (χ0v) is 11.6.